The quantitative estimate of drug-likeness (QED) is 0.414. The molecule has 0 heterocycles. The SMILES string of the molecule is O=C(COc1ccccc1[N+](=O)[O-])N/N=C\c1cc(Cl)cc([N+](=O)[O-])c1O. The fourth-order valence-electron chi connectivity index (χ4n) is 1.92. The summed E-state index contributed by atoms with van der Waals surface area (Å²) in [4.78, 5) is 31.9. The fourth-order valence-corrected chi connectivity index (χ4v) is 2.14. The number of para-hydroxylation sites is 2. The van der Waals surface area contributed by atoms with Crippen molar-refractivity contribution in [2.45, 2.75) is 0 Å². The van der Waals surface area contributed by atoms with E-state index in [0.717, 1.165) is 12.3 Å². The van der Waals surface area contributed by atoms with E-state index in [4.69, 9.17) is 16.3 Å². The molecule has 140 valence electrons. The predicted octanol–water partition coefficient (Wildman–Crippen LogP) is 2.39. The zero-order valence-corrected chi connectivity index (χ0v) is 14.1. The molecule has 27 heavy (non-hydrogen) atoms. The second-order valence-electron chi connectivity index (χ2n) is 4.93. The zero-order valence-electron chi connectivity index (χ0n) is 13.4. The normalized spacial score (nSPS) is 10.6. The number of rotatable bonds is 7. The smallest absolute Gasteiger partial charge is 0.312 e. The lowest BCUT2D eigenvalue weighted by Crippen LogP contribution is -2.24. The van der Waals surface area contributed by atoms with Crippen LogP contribution in [0.3, 0.4) is 0 Å². The number of nitrogens with zero attached hydrogens (tertiary/aromatic N) is 3. The molecule has 1 amide bonds. The summed E-state index contributed by atoms with van der Waals surface area (Å²) in [7, 11) is 0. The Balaban J connectivity index is 2.00. The van der Waals surface area contributed by atoms with Gasteiger partial charge in [0.05, 0.1) is 16.1 Å². The van der Waals surface area contributed by atoms with Crippen molar-refractivity contribution in [2.75, 3.05) is 6.61 Å². The number of carbonyl (C=O) groups is 1. The minimum absolute atomic E-state index is 0.00741. The van der Waals surface area contributed by atoms with Gasteiger partial charge in [0.1, 0.15) is 0 Å². The molecule has 2 aromatic carbocycles. The van der Waals surface area contributed by atoms with Crippen LogP contribution in [0, 0.1) is 20.2 Å². The average molecular weight is 395 g/mol. The number of hydrogen-bond donors (Lipinski definition) is 2. The van der Waals surface area contributed by atoms with Crippen LogP contribution < -0.4 is 10.2 Å². The third kappa shape index (κ3) is 5.12. The zero-order chi connectivity index (χ0) is 20.0. The van der Waals surface area contributed by atoms with Gasteiger partial charge in [-0.15, -0.1) is 0 Å². The Hall–Kier alpha value is -3.73. The van der Waals surface area contributed by atoms with Crippen LogP contribution in [-0.2, 0) is 4.79 Å². The molecule has 0 aliphatic rings. The molecule has 12 heteroatoms. The lowest BCUT2D eigenvalue weighted by Gasteiger charge is -2.05. The highest BCUT2D eigenvalue weighted by Crippen LogP contribution is 2.32. The van der Waals surface area contributed by atoms with Crippen LogP contribution in [0.1, 0.15) is 5.56 Å². The van der Waals surface area contributed by atoms with Crippen LogP contribution in [-0.4, -0.2) is 33.7 Å². The van der Waals surface area contributed by atoms with Crippen molar-refractivity contribution in [3.63, 3.8) is 0 Å². The molecule has 0 bridgehead atoms. The summed E-state index contributed by atoms with van der Waals surface area (Å²) in [5.74, 6) is -1.51. The summed E-state index contributed by atoms with van der Waals surface area (Å²) in [6.07, 6.45) is 0.955. The highest BCUT2D eigenvalue weighted by Gasteiger charge is 2.18. The maximum Gasteiger partial charge on any atom is 0.312 e. The number of nitro benzene ring substituents is 2. The van der Waals surface area contributed by atoms with Gasteiger partial charge in [-0.3, -0.25) is 25.0 Å². The number of hydrazone groups is 1. The highest BCUT2D eigenvalue weighted by molar-refractivity contribution is 6.31. The second-order valence-corrected chi connectivity index (χ2v) is 5.36. The molecule has 11 nitrogen and oxygen atoms in total. The molecule has 0 aliphatic carbocycles. The minimum Gasteiger partial charge on any atom is -0.502 e. The largest absolute Gasteiger partial charge is 0.502 e. The molecular weight excluding hydrogens is 384 g/mol. The Morgan fingerprint density at radius 3 is 2.56 bits per heavy atom. The Morgan fingerprint density at radius 2 is 1.89 bits per heavy atom. The Kier molecular flexibility index (Phi) is 6.23. The third-order valence-corrected chi connectivity index (χ3v) is 3.31. The van der Waals surface area contributed by atoms with E-state index in [9.17, 15) is 30.1 Å². The van der Waals surface area contributed by atoms with E-state index < -0.39 is 33.8 Å². The van der Waals surface area contributed by atoms with Crippen LogP contribution in [0.25, 0.3) is 0 Å². The number of hydrogen-bond acceptors (Lipinski definition) is 8. The number of ether oxygens (including phenoxy) is 1. The molecule has 0 radical (unpaired) electrons. The highest BCUT2D eigenvalue weighted by atomic mass is 35.5. The van der Waals surface area contributed by atoms with Gasteiger partial charge in [-0.05, 0) is 12.1 Å². The maximum absolute atomic E-state index is 11.7. The molecule has 0 atom stereocenters. The first kappa shape index (κ1) is 19.6. The number of halogens is 1. The van der Waals surface area contributed by atoms with Gasteiger partial charge in [-0.2, -0.15) is 5.10 Å². The van der Waals surface area contributed by atoms with E-state index in [1.165, 1.54) is 30.3 Å². The molecule has 0 aliphatic heterocycles. The predicted molar refractivity (Wildman–Crippen MR) is 94.1 cm³/mol. The topological polar surface area (TPSA) is 157 Å². The number of phenolic OH excluding ortho intramolecular Hbond substituents is 1. The van der Waals surface area contributed by atoms with E-state index in [1.807, 2.05) is 0 Å². The van der Waals surface area contributed by atoms with Crippen molar-refractivity contribution in [3.8, 4) is 11.5 Å². The first-order valence-corrected chi connectivity index (χ1v) is 7.52. The van der Waals surface area contributed by atoms with E-state index in [0.29, 0.717) is 0 Å². The number of nitrogens with one attached hydrogen (secondary N) is 1. The van der Waals surface area contributed by atoms with Gasteiger partial charge >= 0.3 is 11.4 Å². The molecule has 0 aromatic heterocycles. The van der Waals surface area contributed by atoms with Crippen molar-refractivity contribution in [1.82, 2.24) is 5.43 Å². The van der Waals surface area contributed by atoms with Crippen LogP contribution in [0.15, 0.2) is 41.5 Å². The van der Waals surface area contributed by atoms with Gasteiger partial charge < -0.3 is 9.84 Å². The molecular formula is C15H11ClN4O7. The third-order valence-electron chi connectivity index (χ3n) is 3.09. The summed E-state index contributed by atoms with van der Waals surface area (Å²) in [6, 6.07) is 7.69. The summed E-state index contributed by atoms with van der Waals surface area (Å²) in [5, 5.41) is 35.0. The number of amides is 1. The van der Waals surface area contributed by atoms with Gasteiger partial charge in [0, 0.05) is 22.7 Å². The molecule has 2 aromatic rings. The number of phenols is 1. The molecule has 0 saturated heterocycles. The molecule has 0 unspecified atom stereocenters. The second kappa shape index (κ2) is 8.58. The Bertz CT molecular complexity index is 932. The summed E-state index contributed by atoms with van der Waals surface area (Å²) in [6.45, 7) is -0.566. The van der Waals surface area contributed by atoms with Gasteiger partial charge in [0.15, 0.2) is 12.4 Å². The van der Waals surface area contributed by atoms with Gasteiger partial charge in [0.2, 0.25) is 5.75 Å². The van der Waals surface area contributed by atoms with Crippen molar-refractivity contribution >= 4 is 35.1 Å². The molecule has 2 rings (SSSR count). The van der Waals surface area contributed by atoms with Crippen molar-refractivity contribution in [1.29, 1.82) is 0 Å². The summed E-state index contributed by atoms with van der Waals surface area (Å²) >= 11 is 5.73. The molecule has 0 saturated carbocycles. The van der Waals surface area contributed by atoms with Crippen LogP contribution >= 0.6 is 11.6 Å². The average Bonchev–Trinajstić information content (AvgIpc) is 2.62. The van der Waals surface area contributed by atoms with Crippen LogP contribution in [0.5, 0.6) is 11.5 Å². The molecule has 2 N–H and O–H groups in total. The van der Waals surface area contributed by atoms with Crippen molar-refractivity contribution in [3.05, 3.63) is 67.2 Å². The number of carbonyl (C=O) groups excluding carboxylic acids is 1. The standard InChI is InChI=1S/C15H11ClN4O7/c16-10-5-9(15(22)12(6-10)20(25)26)7-17-18-14(21)8-27-13-4-2-1-3-11(13)19(23)24/h1-7,22H,8H2,(H,18,21)/b17-7-. The Labute approximate surface area is 156 Å². The van der Waals surface area contributed by atoms with E-state index in [1.54, 1.807) is 0 Å². The van der Waals surface area contributed by atoms with Crippen molar-refractivity contribution in [2.24, 2.45) is 5.10 Å². The molecule has 0 spiro atoms. The van der Waals surface area contributed by atoms with Crippen LogP contribution in [0.2, 0.25) is 5.02 Å². The lowest BCUT2D eigenvalue weighted by atomic mass is 10.2. The minimum atomic E-state index is -0.822. The number of benzene rings is 2. The van der Waals surface area contributed by atoms with E-state index >= 15 is 0 Å². The number of aromatic hydroxyl groups is 1. The summed E-state index contributed by atoms with van der Waals surface area (Å²) in [5.41, 5.74) is 1.05. The number of nitro groups is 2. The van der Waals surface area contributed by atoms with Gasteiger partial charge in [-0.25, -0.2) is 5.43 Å². The fraction of sp³-hybridized carbons (Fsp3) is 0.0667. The maximum atomic E-state index is 11.7. The Morgan fingerprint density at radius 1 is 1.22 bits per heavy atom. The monoisotopic (exact) mass is 394 g/mol. The van der Waals surface area contributed by atoms with Crippen molar-refractivity contribution < 1.29 is 24.5 Å². The van der Waals surface area contributed by atoms with Gasteiger partial charge in [0.25, 0.3) is 5.91 Å². The van der Waals surface area contributed by atoms with Gasteiger partial charge in [-0.1, -0.05) is 23.7 Å². The summed E-state index contributed by atoms with van der Waals surface area (Å²) < 4.78 is 5.07. The lowest BCUT2D eigenvalue weighted by molar-refractivity contribution is -0.386. The van der Waals surface area contributed by atoms with E-state index in [2.05, 4.69) is 10.5 Å². The molecule has 0 fully saturated rings. The van der Waals surface area contributed by atoms with Crippen LogP contribution in [0.4, 0.5) is 11.4 Å². The van der Waals surface area contributed by atoms with E-state index in [-0.39, 0.29) is 22.0 Å². The first-order valence-electron chi connectivity index (χ1n) is 7.14. The first-order chi connectivity index (χ1) is 12.8.